The fourth-order valence-corrected chi connectivity index (χ4v) is 4.75. The van der Waals surface area contributed by atoms with Gasteiger partial charge in [-0.3, -0.25) is 0 Å². The molecule has 0 saturated heterocycles. The van der Waals surface area contributed by atoms with E-state index >= 15 is 0 Å². The van der Waals surface area contributed by atoms with Gasteiger partial charge in [0.05, 0.1) is 4.58 Å². The fraction of sp³-hybridized carbons (Fsp3) is 0.571. The predicted octanol–water partition coefficient (Wildman–Crippen LogP) is 5.72. The van der Waals surface area contributed by atoms with Crippen molar-refractivity contribution in [3.05, 3.63) is 35.4 Å². The third-order valence-electron chi connectivity index (χ3n) is 2.44. The zero-order valence-corrected chi connectivity index (χ0v) is 13.8. The van der Waals surface area contributed by atoms with Gasteiger partial charge >= 0.3 is 0 Å². The highest BCUT2D eigenvalue weighted by Crippen LogP contribution is 2.40. The summed E-state index contributed by atoms with van der Waals surface area (Å²) in [5.41, 5.74) is 2.72. The quantitative estimate of drug-likeness (QED) is 0.324. The molecule has 0 bridgehead atoms. The number of halogens is 2. The second-order valence-corrected chi connectivity index (χ2v) is 7.55. The molecule has 102 valence electrons. The molecule has 0 amide bonds. The van der Waals surface area contributed by atoms with Gasteiger partial charge in [-0.25, -0.2) is 0 Å². The normalized spacial score (nSPS) is 11.1. The van der Waals surface area contributed by atoms with Gasteiger partial charge in [-0.15, -0.1) is 46.7 Å². The molecule has 0 aliphatic rings. The summed E-state index contributed by atoms with van der Waals surface area (Å²) in [4.78, 5) is 0. The van der Waals surface area contributed by atoms with Crippen molar-refractivity contribution < 1.29 is 0 Å². The Bertz CT molecular complexity index is 304. The summed E-state index contributed by atoms with van der Waals surface area (Å²) in [7, 11) is 0. The molecule has 4 heteroatoms. The fourth-order valence-electron chi connectivity index (χ4n) is 1.45. The summed E-state index contributed by atoms with van der Waals surface area (Å²) in [6.07, 6.45) is 2.15. The molecule has 1 aromatic rings. The first-order valence-corrected chi connectivity index (χ1v) is 9.36. The largest absolute Gasteiger partial charge is 0.143 e. The number of benzene rings is 1. The molecule has 0 radical (unpaired) electrons. The van der Waals surface area contributed by atoms with Crippen LogP contribution in [0.3, 0.4) is 0 Å². The van der Waals surface area contributed by atoms with Crippen LogP contribution in [0.5, 0.6) is 0 Å². The number of alkyl halides is 2. The van der Waals surface area contributed by atoms with Crippen LogP contribution in [-0.2, 0) is 0 Å². The van der Waals surface area contributed by atoms with Gasteiger partial charge in [-0.1, -0.05) is 29.8 Å². The minimum atomic E-state index is 0.511. The molecule has 0 nitrogen and oxygen atoms in total. The van der Waals surface area contributed by atoms with E-state index in [9.17, 15) is 0 Å². The first-order chi connectivity index (χ1) is 8.77. The van der Waals surface area contributed by atoms with E-state index in [1.165, 1.54) is 11.1 Å². The maximum atomic E-state index is 5.74. The molecule has 0 N–H and O–H groups in total. The van der Waals surface area contributed by atoms with Crippen molar-refractivity contribution in [2.45, 2.75) is 24.3 Å². The Labute approximate surface area is 129 Å². The van der Waals surface area contributed by atoms with Crippen LogP contribution in [0.1, 0.15) is 28.6 Å². The lowest BCUT2D eigenvalue weighted by Crippen LogP contribution is -1.94. The summed E-state index contributed by atoms with van der Waals surface area (Å²) >= 11 is 15.5. The van der Waals surface area contributed by atoms with Gasteiger partial charge in [0.1, 0.15) is 0 Å². The SMILES string of the molecule is Cc1ccc(C(SCCCCl)SCCCCl)cc1. The molecule has 0 unspecified atom stereocenters. The second-order valence-electron chi connectivity index (χ2n) is 4.07. The molecule has 1 rings (SSSR count). The average molecular weight is 323 g/mol. The van der Waals surface area contributed by atoms with E-state index < -0.39 is 0 Å². The van der Waals surface area contributed by atoms with E-state index in [-0.39, 0.29) is 0 Å². The van der Waals surface area contributed by atoms with Crippen LogP contribution in [0, 0.1) is 6.92 Å². The number of thioether (sulfide) groups is 2. The number of rotatable bonds is 9. The van der Waals surface area contributed by atoms with Gasteiger partial charge in [0.2, 0.25) is 0 Å². The van der Waals surface area contributed by atoms with Gasteiger partial charge in [-0.2, -0.15) is 0 Å². The van der Waals surface area contributed by atoms with E-state index in [0.717, 1.165) is 36.1 Å². The molecule has 0 atom stereocenters. The van der Waals surface area contributed by atoms with Gasteiger partial charge in [-0.05, 0) is 36.8 Å². The molecule has 18 heavy (non-hydrogen) atoms. The summed E-state index contributed by atoms with van der Waals surface area (Å²) in [6, 6.07) is 8.85. The van der Waals surface area contributed by atoms with Crippen LogP contribution in [0.15, 0.2) is 24.3 Å². The molecule has 0 aliphatic carbocycles. The molecule has 0 heterocycles. The van der Waals surface area contributed by atoms with E-state index in [1.54, 1.807) is 0 Å². The van der Waals surface area contributed by atoms with Crippen LogP contribution >= 0.6 is 46.7 Å². The van der Waals surface area contributed by atoms with Crippen molar-refractivity contribution in [3.63, 3.8) is 0 Å². The lowest BCUT2D eigenvalue weighted by molar-refractivity contribution is 1.10. The Hall–Kier alpha value is 0.500. The van der Waals surface area contributed by atoms with Crippen molar-refractivity contribution in [1.29, 1.82) is 0 Å². The van der Waals surface area contributed by atoms with Crippen molar-refractivity contribution in [2.24, 2.45) is 0 Å². The highest BCUT2D eigenvalue weighted by molar-refractivity contribution is 8.16. The molecule has 0 saturated carbocycles. The zero-order valence-electron chi connectivity index (χ0n) is 10.7. The predicted molar refractivity (Wildman–Crippen MR) is 89.5 cm³/mol. The van der Waals surface area contributed by atoms with E-state index in [0.29, 0.717) is 4.58 Å². The summed E-state index contributed by atoms with van der Waals surface area (Å²) < 4.78 is 0.511. The third-order valence-corrected chi connectivity index (χ3v) is 5.99. The molecular formula is C14H20Cl2S2. The average Bonchev–Trinajstić information content (AvgIpc) is 2.38. The van der Waals surface area contributed by atoms with Crippen molar-refractivity contribution >= 4 is 46.7 Å². The lowest BCUT2D eigenvalue weighted by Gasteiger charge is -2.16. The molecule has 1 aromatic carbocycles. The van der Waals surface area contributed by atoms with Gasteiger partial charge in [0.15, 0.2) is 0 Å². The Balaban J connectivity index is 2.54. The molecular weight excluding hydrogens is 303 g/mol. The van der Waals surface area contributed by atoms with Crippen LogP contribution in [0.4, 0.5) is 0 Å². The Morgan fingerprint density at radius 2 is 1.44 bits per heavy atom. The summed E-state index contributed by atoms with van der Waals surface area (Å²) in [5, 5.41) is 0. The molecule has 0 fully saturated rings. The van der Waals surface area contributed by atoms with Crippen molar-refractivity contribution in [1.82, 2.24) is 0 Å². The summed E-state index contributed by atoms with van der Waals surface area (Å²) in [5.74, 6) is 3.74. The third kappa shape index (κ3) is 6.60. The Kier molecular flexibility index (Phi) is 9.48. The van der Waals surface area contributed by atoms with Crippen LogP contribution in [0.2, 0.25) is 0 Å². The smallest absolute Gasteiger partial charge is 0.0751 e. The van der Waals surface area contributed by atoms with Gasteiger partial charge in [0, 0.05) is 11.8 Å². The lowest BCUT2D eigenvalue weighted by atomic mass is 10.2. The minimum Gasteiger partial charge on any atom is -0.143 e. The minimum absolute atomic E-state index is 0.511. The summed E-state index contributed by atoms with van der Waals surface area (Å²) in [6.45, 7) is 2.13. The Morgan fingerprint density at radius 1 is 0.944 bits per heavy atom. The number of hydrogen-bond acceptors (Lipinski definition) is 2. The van der Waals surface area contributed by atoms with Crippen molar-refractivity contribution in [3.8, 4) is 0 Å². The van der Waals surface area contributed by atoms with E-state index in [4.69, 9.17) is 23.2 Å². The maximum absolute atomic E-state index is 5.74. The maximum Gasteiger partial charge on any atom is 0.0751 e. The van der Waals surface area contributed by atoms with E-state index in [1.807, 2.05) is 23.5 Å². The highest BCUT2D eigenvalue weighted by Gasteiger charge is 2.11. The standard InChI is InChI=1S/C14H20Cl2S2/c1-12-4-6-13(7-5-12)14(17-10-2-8-15)18-11-3-9-16/h4-7,14H,2-3,8-11H2,1H3. The van der Waals surface area contributed by atoms with Crippen LogP contribution in [-0.4, -0.2) is 23.3 Å². The zero-order chi connectivity index (χ0) is 13.2. The van der Waals surface area contributed by atoms with Crippen LogP contribution < -0.4 is 0 Å². The first kappa shape index (κ1) is 16.6. The number of aryl methyl sites for hydroxylation is 1. The topological polar surface area (TPSA) is 0 Å². The molecule has 0 spiro atoms. The number of hydrogen-bond donors (Lipinski definition) is 0. The van der Waals surface area contributed by atoms with Gasteiger partial charge < -0.3 is 0 Å². The van der Waals surface area contributed by atoms with E-state index in [2.05, 4.69) is 31.2 Å². The first-order valence-electron chi connectivity index (χ1n) is 6.19. The van der Waals surface area contributed by atoms with Crippen LogP contribution in [0.25, 0.3) is 0 Å². The molecule has 0 aromatic heterocycles. The van der Waals surface area contributed by atoms with Crippen molar-refractivity contribution in [2.75, 3.05) is 23.3 Å². The van der Waals surface area contributed by atoms with Gasteiger partial charge in [0.25, 0.3) is 0 Å². The monoisotopic (exact) mass is 322 g/mol. The second kappa shape index (κ2) is 10.3. The highest BCUT2D eigenvalue weighted by atomic mass is 35.5. The molecule has 0 aliphatic heterocycles. The Morgan fingerprint density at radius 3 is 1.89 bits per heavy atom.